The largest absolute Gasteiger partial charge is 0.394 e. The van der Waals surface area contributed by atoms with Gasteiger partial charge in [0.15, 0.2) is 6.29 Å². The molecule has 0 aromatic rings. The second-order valence-corrected chi connectivity index (χ2v) is 3.41. The van der Waals surface area contributed by atoms with Crippen LogP contribution in [0.1, 0.15) is 0 Å². The van der Waals surface area contributed by atoms with Gasteiger partial charge in [-0.3, -0.25) is 0 Å². The van der Waals surface area contributed by atoms with E-state index in [2.05, 4.69) is 6.58 Å². The summed E-state index contributed by atoms with van der Waals surface area (Å²) < 4.78 is 10.3. The molecule has 5 atom stereocenters. The fourth-order valence-corrected chi connectivity index (χ4v) is 1.42. The molecule has 1 heterocycles. The van der Waals surface area contributed by atoms with Gasteiger partial charge in [0.2, 0.25) is 0 Å². The van der Waals surface area contributed by atoms with E-state index >= 15 is 0 Å². The molecule has 0 aliphatic carbocycles. The molecule has 1 aliphatic rings. The van der Waals surface area contributed by atoms with Gasteiger partial charge in [-0.2, -0.15) is 0 Å². The summed E-state index contributed by atoms with van der Waals surface area (Å²) in [7, 11) is 0. The monoisotopic (exact) mass is 219 g/mol. The van der Waals surface area contributed by atoms with Crippen LogP contribution in [0.3, 0.4) is 0 Å². The van der Waals surface area contributed by atoms with E-state index in [1.807, 2.05) is 0 Å². The highest BCUT2D eigenvalue weighted by Crippen LogP contribution is 2.20. The normalized spacial score (nSPS) is 41.5. The van der Waals surface area contributed by atoms with Gasteiger partial charge in [0.25, 0.3) is 0 Å². The highest BCUT2D eigenvalue weighted by atomic mass is 16.7. The molecule has 0 amide bonds. The SMILES string of the molecule is C=CCO[C@H]1OC(CO)[C@H](O)[C@H](O)C1N. The van der Waals surface area contributed by atoms with Gasteiger partial charge in [0, 0.05) is 0 Å². The van der Waals surface area contributed by atoms with E-state index in [4.69, 9.17) is 20.3 Å². The molecule has 6 heteroatoms. The molecule has 6 nitrogen and oxygen atoms in total. The van der Waals surface area contributed by atoms with Crippen LogP contribution < -0.4 is 5.73 Å². The van der Waals surface area contributed by atoms with Crippen LogP contribution in [0.4, 0.5) is 0 Å². The van der Waals surface area contributed by atoms with Crippen LogP contribution in [0, 0.1) is 0 Å². The van der Waals surface area contributed by atoms with Crippen LogP contribution in [0.25, 0.3) is 0 Å². The van der Waals surface area contributed by atoms with Crippen LogP contribution in [-0.4, -0.2) is 59.2 Å². The molecule has 1 rings (SSSR count). The topological polar surface area (TPSA) is 105 Å². The summed E-state index contributed by atoms with van der Waals surface area (Å²) in [6.07, 6.45) is -2.59. The van der Waals surface area contributed by atoms with Crippen LogP contribution in [0.15, 0.2) is 12.7 Å². The van der Waals surface area contributed by atoms with E-state index in [0.29, 0.717) is 0 Å². The number of nitrogens with two attached hydrogens (primary N) is 1. The molecule has 5 N–H and O–H groups in total. The minimum atomic E-state index is -1.20. The zero-order valence-corrected chi connectivity index (χ0v) is 8.32. The highest BCUT2D eigenvalue weighted by Gasteiger charge is 2.42. The molecule has 0 bridgehead atoms. The number of ether oxygens (including phenoxy) is 2. The Labute approximate surface area is 87.9 Å². The molecule has 0 spiro atoms. The van der Waals surface area contributed by atoms with Crippen molar-refractivity contribution in [2.45, 2.75) is 30.6 Å². The van der Waals surface area contributed by atoms with Gasteiger partial charge in [-0.15, -0.1) is 6.58 Å². The smallest absolute Gasteiger partial charge is 0.176 e. The van der Waals surface area contributed by atoms with Crippen molar-refractivity contribution in [2.24, 2.45) is 5.73 Å². The molecular weight excluding hydrogens is 202 g/mol. The van der Waals surface area contributed by atoms with Crippen LogP contribution in [-0.2, 0) is 9.47 Å². The maximum absolute atomic E-state index is 9.55. The zero-order chi connectivity index (χ0) is 11.4. The molecule has 2 unspecified atom stereocenters. The molecule has 0 radical (unpaired) electrons. The molecule has 15 heavy (non-hydrogen) atoms. The minimum Gasteiger partial charge on any atom is -0.394 e. The molecular formula is C9H17NO5. The van der Waals surface area contributed by atoms with Crippen LogP contribution >= 0.6 is 0 Å². The third-order valence-corrected chi connectivity index (χ3v) is 2.31. The van der Waals surface area contributed by atoms with Crippen molar-refractivity contribution in [3.63, 3.8) is 0 Å². The highest BCUT2D eigenvalue weighted by molar-refractivity contribution is 4.91. The standard InChI is InChI=1S/C9H17NO5/c1-2-3-14-9-6(10)8(13)7(12)5(4-11)15-9/h2,5-9,11-13H,1,3-4,10H2/t5?,6?,7-,8+,9-/m0/s1. The summed E-state index contributed by atoms with van der Waals surface area (Å²) in [5.41, 5.74) is 5.59. The average molecular weight is 219 g/mol. The first-order chi connectivity index (χ1) is 7.11. The fourth-order valence-electron chi connectivity index (χ4n) is 1.42. The van der Waals surface area contributed by atoms with E-state index in [1.165, 1.54) is 6.08 Å². The summed E-state index contributed by atoms with van der Waals surface area (Å²) in [6, 6.07) is -0.845. The van der Waals surface area contributed by atoms with Gasteiger partial charge in [0.05, 0.1) is 19.3 Å². The lowest BCUT2D eigenvalue weighted by Crippen LogP contribution is -2.62. The lowest BCUT2D eigenvalue weighted by atomic mass is 9.98. The Kier molecular flexibility index (Phi) is 4.65. The maximum atomic E-state index is 9.55. The van der Waals surface area contributed by atoms with Crippen molar-refractivity contribution in [2.75, 3.05) is 13.2 Å². The predicted octanol–water partition coefficient (Wildman–Crippen LogP) is -2.04. The minimum absolute atomic E-state index is 0.222. The van der Waals surface area contributed by atoms with Gasteiger partial charge in [-0.05, 0) is 0 Å². The first-order valence-electron chi connectivity index (χ1n) is 4.72. The number of rotatable bonds is 4. The molecule has 0 aromatic carbocycles. The second-order valence-electron chi connectivity index (χ2n) is 3.41. The molecule has 88 valence electrons. The summed E-state index contributed by atoms with van der Waals surface area (Å²) in [5.74, 6) is 0. The Hall–Kier alpha value is -0.500. The van der Waals surface area contributed by atoms with Crippen molar-refractivity contribution in [1.29, 1.82) is 0 Å². The second kappa shape index (κ2) is 5.55. The lowest BCUT2D eigenvalue weighted by molar-refractivity contribution is -0.262. The van der Waals surface area contributed by atoms with E-state index in [9.17, 15) is 10.2 Å². The third kappa shape index (κ3) is 2.75. The third-order valence-electron chi connectivity index (χ3n) is 2.31. The predicted molar refractivity (Wildman–Crippen MR) is 51.9 cm³/mol. The van der Waals surface area contributed by atoms with E-state index < -0.39 is 37.3 Å². The summed E-state index contributed by atoms with van der Waals surface area (Å²) >= 11 is 0. The Bertz CT molecular complexity index is 211. The van der Waals surface area contributed by atoms with Crippen LogP contribution in [0.2, 0.25) is 0 Å². The van der Waals surface area contributed by atoms with Crippen molar-refractivity contribution in [1.82, 2.24) is 0 Å². The molecule has 1 fully saturated rings. The number of hydrogen-bond donors (Lipinski definition) is 4. The van der Waals surface area contributed by atoms with Crippen molar-refractivity contribution < 1.29 is 24.8 Å². The van der Waals surface area contributed by atoms with E-state index in [-0.39, 0.29) is 6.61 Å². The maximum Gasteiger partial charge on any atom is 0.176 e. The summed E-state index contributed by atoms with van der Waals surface area (Å²) in [4.78, 5) is 0. The first-order valence-corrected chi connectivity index (χ1v) is 4.72. The van der Waals surface area contributed by atoms with Gasteiger partial charge in [0.1, 0.15) is 18.3 Å². The molecule has 0 saturated carbocycles. The van der Waals surface area contributed by atoms with Crippen molar-refractivity contribution in [3.05, 3.63) is 12.7 Å². The Morgan fingerprint density at radius 2 is 2.07 bits per heavy atom. The molecule has 1 saturated heterocycles. The Balaban J connectivity index is 2.60. The van der Waals surface area contributed by atoms with E-state index in [0.717, 1.165) is 0 Å². The lowest BCUT2D eigenvalue weighted by Gasteiger charge is -2.40. The van der Waals surface area contributed by atoms with Crippen molar-refractivity contribution >= 4 is 0 Å². The quantitative estimate of drug-likeness (QED) is 0.406. The average Bonchev–Trinajstić information content (AvgIpc) is 2.25. The summed E-state index contributed by atoms with van der Waals surface area (Å²) in [5, 5.41) is 27.9. The summed E-state index contributed by atoms with van der Waals surface area (Å²) in [6.45, 7) is 3.28. The number of hydrogen-bond acceptors (Lipinski definition) is 6. The number of aliphatic hydroxyl groups is 3. The van der Waals surface area contributed by atoms with Gasteiger partial charge >= 0.3 is 0 Å². The molecule has 0 aromatic heterocycles. The van der Waals surface area contributed by atoms with Crippen molar-refractivity contribution in [3.8, 4) is 0 Å². The van der Waals surface area contributed by atoms with Gasteiger partial charge in [-0.25, -0.2) is 0 Å². The zero-order valence-electron chi connectivity index (χ0n) is 8.32. The molecule has 1 aliphatic heterocycles. The number of aliphatic hydroxyl groups excluding tert-OH is 3. The van der Waals surface area contributed by atoms with Crippen LogP contribution in [0.5, 0.6) is 0 Å². The Morgan fingerprint density at radius 1 is 1.40 bits per heavy atom. The van der Waals surface area contributed by atoms with E-state index in [1.54, 1.807) is 0 Å². The first kappa shape index (κ1) is 12.6. The fraction of sp³-hybridized carbons (Fsp3) is 0.778. The Morgan fingerprint density at radius 3 is 2.60 bits per heavy atom. The van der Waals surface area contributed by atoms with Gasteiger partial charge < -0.3 is 30.5 Å². The van der Waals surface area contributed by atoms with Gasteiger partial charge in [-0.1, -0.05) is 6.08 Å².